The van der Waals surface area contributed by atoms with Gasteiger partial charge < -0.3 is 15.2 Å². The first kappa shape index (κ1) is 17.2. The highest BCUT2D eigenvalue weighted by Crippen LogP contribution is 2.18. The van der Waals surface area contributed by atoms with E-state index in [1.165, 1.54) is 0 Å². The van der Waals surface area contributed by atoms with Gasteiger partial charge in [-0.1, -0.05) is 11.6 Å². The molecule has 0 aliphatic rings. The second kappa shape index (κ2) is 7.92. The van der Waals surface area contributed by atoms with Crippen LogP contribution in [-0.4, -0.2) is 22.2 Å². The summed E-state index contributed by atoms with van der Waals surface area (Å²) in [5.74, 6) is 0.781. The number of nitrogens with one attached hydrogen (secondary N) is 1. The van der Waals surface area contributed by atoms with E-state index in [0.29, 0.717) is 24.6 Å². The molecule has 2 N–H and O–H groups in total. The van der Waals surface area contributed by atoms with Crippen LogP contribution in [0.4, 0.5) is 0 Å². The molecule has 6 heteroatoms. The van der Waals surface area contributed by atoms with Crippen molar-refractivity contribution in [1.82, 2.24) is 10.3 Å². The summed E-state index contributed by atoms with van der Waals surface area (Å²) in [6.07, 6.45) is 0.712. The van der Waals surface area contributed by atoms with Gasteiger partial charge in [0, 0.05) is 29.1 Å². The second-order valence-corrected chi connectivity index (χ2v) is 7.07. The standard InChI is InChI=1S/C16H21ClN2O2S/c1-16(2,7-8-20)18-9-13-11-22-15(19-13)10-21-14-5-3-12(17)4-6-14/h3-6,11,18,20H,7-10H2,1-2H3. The first-order chi connectivity index (χ1) is 10.5. The van der Waals surface area contributed by atoms with Gasteiger partial charge in [-0.05, 0) is 44.5 Å². The van der Waals surface area contributed by atoms with E-state index in [-0.39, 0.29) is 12.1 Å². The number of rotatable bonds is 8. The summed E-state index contributed by atoms with van der Waals surface area (Å²) in [6.45, 7) is 5.45. The van der Waals surface area contributed by atoms with Gasteiger partial charge in [0.05, 0.1) is 5.69 Å². The predicted molar refractivity (Wildman–Crippen MR) is 90.5 cm³/mol. The van der Waals surface area contributed by atoms with Crippen LogP contribution >= 0.6 is 22.9 Å². The van der Waals surface area contributed by atoms with Crippen LogP contribution in [0.25, 0.3) is 0 Å². The third-order valence-corrected chi connectivity index (χ3v) is 4.38. The van der Waals surface area contributed by atoms with Crippen molar-refractivity contribution in [2.45, 2.75) is 39.0 Å². The number of ether oxygens (including phenoxy) is 1. The van der Waals surface area contributed by atoms with Gasteiger partial charge in [0.15, 0.2) is 0 Å². The number of thiazole rings is 1. The van der Waals surface area contributed by atoms with Crippen molar-refractivity contribution in [3.63, 3.8) is 0 Å². The quantitative estimate of drug-likeness (QED) is 0.770. The molecule has 120 valence electrons. The highest BCUT2D eigenvalue weighted by atomic mass is 35.5. The third-order valence-electron chi connectivity index (χ3n) is 3.26. The molecule has 0 fully saturated rings. The molecule has 1 aromatic carbocycles. The van der Waals surface area contributed by atoms with Crippen LogP contribution in [-0.2, 0) is 13.2 Å². The molecule has 0 aliphatic carbocycles. The zero-order chi connectivity index (χ0) is 16.0. The highest BCUT2D eigenvalue weighted by molar-refractivity contribution is 7.09. The van der Waals surface area contributed by atoms with Crippen LogP contribution in [0.2, 0.25) is 5.02 Å². The average molecular weight is 341 g/mol. The van der Waals surface area contributed by atoms with Crippen molar-refractivity contribution >= 4 is 22.9 Å². The van der Waals surface area contributed by atoms with E-state index in [4.69, 9.17) is 21.4 Å². The zero-order valence-corrected chi connectivity index (χ0v) is 14.4. The Hall–Kier alpha value is -1.14. The van der Waals surface area contributed by atoms with Crippen molar-refractivity contribution in [2.75, 3.05) is 6.61 Å². The van der Waals surface area contributed by atoms with Crippen molar-refractivity contribution in [3.8, 4) is 5.75 Å². The number of nitrogens with zero attached hydrogens (tertiary/aromatic N) is 1. The molecule has 2 aromatic rings. The summed E-state index contributed by atoms with van der Waals surface area (Å²) in [5.41, 5.74) is 0.893. The summed E-state index contributed by atoms with van der Waals surface area (Å²) in [6, 6.07) is 7.29. The number of aromatic nitrogens is 1. The zero-order valence-electron chi connectivity index (χ0n) is 12.8. The SMILES string of the molecule is CC(C)(CCO)NCc1csc(COc2ccc(Cl)cc2)n1. The summed E-state index contributed by atoms with van der Waals surface area (Å²) in [7, 11) is 0. The van der Waals surface area contributed by atoms with Crippen LogP contribution in [0, 0.1) is 0 Å². The highest BCUT2D eigenvalue weighted by Gasteiger charge is 2.16. The summed E-state index contributed by atoms with van der Waals surface area (Å²) in [4.78, 5) is 4.55. The van der Waals surface area contributed by atoms with Crippen LogP contribution in [0.1, 0.15) is 31.0 Å². The van der Waals surface area contributed by atoms with Gasteiger partial charge in [-0.25, -0.2) is 4.98 Å². The van der Waals surface area contributed by atoms with Crippen molar-refractivity contribution in [2.24, 2.45) is 0 Å². The lowest BCUT2D eigenvalue weighted by Gasteiger charge is -2.24. The Labute approximate surface area is 140 Å². The van der Waals surface area contributed by atoms with E-state index in [1.54, 1.807) is 23.5 Å². The van der Waals surface area contributed by atoms with Crippen LogP contribution in [0.5, 0.6) is 5.75 Å². The molecule has 0 amide bonds. The minimum Gasteiger partial charge on any atom is -0.486 e. The Kier molecular flexibility index (Phi) is 6.20. The molecule has 0 atom stereocenters. The first-order valence-corrected chi connectivity index (χ1v) is 8.42. The van der Waals surface area contributed by atoms with Crippen molar-refractivity contribution < 1.29 is 9.84 Å². The summed E-state index contributed by atoms with van der Waals surface area (Å²) in [5, 5.41) is 16.1. The number of hydrogen-bond acceptors (Lipinski definition) is 5. The largest absolute Gasteiger partial charge is 0.486 e. The number of halogens is 1. The first-order valence-electron chi connectivity index (χ1n) is 7.16. The summed E-state index contributed by atoms with van der Waals surface area (Å²) < 4.78 is 5.68. The normalized spacial score (nSPS) is 11.6. The van der Waals surface area contributed by atoms with E-state index < -0.39 is 0 Å². The van der Waals surface area contributed by atoms with Gasteiger partial charge in [-0.3, -0.25) is 0 Å². The van der Waals surface area contributed by atoms with E-state index in [2.05, 4.69) is 24.1 Å². The Morgan fingerprint density at radius 3 is 2.73 bits per heavy atom. The van der Waals surface area contributed by atoms with Gasteiger partial charge >= 0.3 is 0 Å². The van der Waals surface area contributed by atoms with Crippen LogP contribution in [0.15, 0.2) is 29.6 Å². The number of benzene rings is 1. The van der Waals surface area contributed by atoms with Gasteiger partial charge in [0.25, 0.3) is 0 Å². The smallest absolute Gasteiger partial charge is 0.140 e. The maximum Gasteiger partial charge on any atom is 0.140 e. The maximum atomic E-state index is 9.02. The molecule has 0 bridgehead atoms. The molecule has 0 saturated heterocycles. The summed E-state index contributed by atoms with van der Waals surface area (Å²) >= 11 is 7.42. The Balaban J connectivity index is 1.82. The fraction of sp³-hybridized carbons (Fsp3) is 0.438. The molecule has 4 nitrogen and oxygen atoms in total. The minimum absolute atomic E-state index is 0.0989. The maximum absolute atomic E-state index is 9.02. The van der Waals surface area contributed by atoms with E-state index >= 15 is 0 Å². The molecule has 1 aromatic heterocycles. The second-order valence-electron chi connectivity index (χ2n) is 5.69. The molecule has 0 radical (unpaired) electrons. The van der Waals surface area contributed by atoms with Gasteiger partial charge in [-0.15, -0.1) is 11.3 Å². The minimum atomic E-state index is -0.0989. The lowest BCUT2D eigenvalue weighted by molar-refractivity contribution is 0.229. The molecule has 1 heterocycles. The molecule has 0 spiro atoms. The molecule has 2 rings (SSSR count). The molecule has 0 aliphatic heterocycles. The lowest BCUT2D eigenvalue weighted by atomic mass is 10.0. The van der Waals surface area contributed by atoms with Gasteiger partial charge in [-0.2, -0.15) is 0 Å². The van der Waals surface area contributed by atoms with E-state index in [9.17, 15) is 0 Å². The molecule has 0 saturated carbocycles. The topological polar surface area (TPSA) is 54.4 Å². The van der Waals surface area contributed by atoms with Gasteiger partial charge in [0.1, 0.15) is 17.4 Å². The fourth-order valence-electron chi connectivity index (χ4n) is 1.87. The van der Waals surface area contributed by atoms with Crippen molar-refractivity contribution in [1.29, 1.82) is 0 Å². The Bertz CT molecular complexity index is 584. The predicted octanol–water partition coefficient (Wildman–Crippen LogP) is 3.63. The Morgan fingerprint density at radius 1 is 1.32 bits per heavy atom. The van der Waals surface area contributed by atoms with Gasteiger partial charge in [0.2, 0.25) is 0 Å². The monoisotopic (exact) mass is 340 g/mol. The van der Waals surface area contributed by atoms with Crippen LogP contribution < -0.4 is 10.1 Å². The Morgan fingerprint density at radius 2 is 2.05 bits per heavy atom. The number of aliphatic hydroxyl groups excluding tert-OH is 1. The molecular formula is C16H21ClN2O2S. The van der Waals surface area contributed by atoms with Crippen molar-refractivity contribution in [3.05, 3.63) is 45.4 Å². The average Bonchev–Trinajstić information content (AvgIpc) is 2.93. The number of aliphatic hydroxyl groups is 1. The third kappa shape index (κ3) is 5.57. The number of hydrogen-bond donors (Lipinski definition) is 2. The van der Waals surface area contributed by atoms with Crippen LogP contribution in [0.3, 0.4) is 0 Å². The molecular weight excluding hydrogens is 320 g/mol. The van der Waals surface area contributed by atoms with E-state index in [1.807, 2.05) is 17.5 Å². The molecule has 22 heavy (non-hydrogen) atoms. The molecule has 0 unspecified atom stereocenters. The van der Waals surface area contributed by atoms with E-state index in [0.717, 1.165) is 16.5 Å². The fourth-order valence-corrected chi connectivity index (χ4v) is 2.70. The lowest BCUT2D eigenvalue weighted by Crippen LogP contribution is -2.39.